The monoisotopic (exact) mass is 335 g/mol. The van der Waals surface area contributed by atoms with E-state index in [0.717, 1.165) is 42.0 Å². The summed E-state index contributed by atoms with van der Waals surface area (Å²) in [5, 5.41) is 15.6. The standard InChI is InChI=1S/C17H25N3O2S/c1-13-10-20-14(11-23-16(20)19-13)6-7-15(21)18-12-17(22)8-4-2-3-5-9-17/h10-11,22H,2-9,12H2,1H3,(H,18,21). The number of nitrogens with zero attached hydrogens (tertiary/aromatic N) is 2. The Labute approximate surface area is 140 Å². The lowest BCUT2D eigenvalue weighted by Crippen LogP contribution is -2.42. The lowest BCUT2D eigenvalue weighted by molar-refractivity contribution is -0.122. The number of fused-ring (bicyclic) bond motifs is 1. The largest absolute Gasteiger partial charge is 0.388 e. The van der Waals surface area contributed by atoms with E-state index < -0.39 is 5.60 Å². The lowest BCUT2D eigenvalue weighted by Gasteiger charge is -2.26. The molecule has 3 rings (SSSR count). The fourth-order valence-corrected chi connectivity index (χ4v) is 4.23. The molecule has 2 aromatic rings. The predicted octanol–water partition coefficient (Wildman–Crippen LogP) is 2.84. The van der Waals surface area contributed by atoms with Crippen molar-refractivity contribution in [3.63, 3.8) is 0 Å². The summed E-state index contributed by atoms with van der Waals surface area (Å²) in [6.45, 7) is 2.36. The number of aliphatic hydroxyl groups is 1. The molecule has 0 unspecified atom stereocenters. The Balaban J connectivity index is 1.49. The molecule has 0 bridgehead atoms. The van der Waals surface area contributed by atoms with Gasteiger partial charge in [0.1, 0.15) is 0 Å². The lowest BCUT2D eigenvalue weighted by atomic mass is 9.94. The number of imidazole rings is 1. The molecule has 1 saturated carbocycles. The van der Waals surface area contributed by atoms with Crippen molar-refractivity contribution in [1.82, 2.24) is 14.7 Å². The van der Waals surface area contributed by atoms with Gasteiger partial charge in [-0.05, 0) is 26.2 Å². The van der Waals surface area contributed by atoms with Crippen molar-refractivity contribution in [1.29, 1.82) is 0 Å². The molecule has 126 valence electrons. The van der Waals surface area contributed by atoms with Gasteiger partial charge in [-0.2, -0.15) is 0 Å². The first-order valence-electron chi connectivity index (χ1n) is 8.47. The van der Waals surface area contributed by atoms with E-state index in [0.29, 0.717) is 19.4 Å². The summed E-state index contributed by atoms with van der Waals surface area (Å²) in [4.78, 5) is 17.5. The molecule has 0 spiro atoms. The van der Waals surface area contributed by atoms with Gasteiger partial charge in [-0.1, -0.05) is 25.7 Å². The summed E-state index contributed by atoms with van der Waals surface area (Å²) in [6.07, 6.45) is 9.23. The Kier molecular flexibility index (Phi) is 5.02. The van der Waals surface area contributed by atoms with Crippen LogP contribution in [0.3, 0.4) is 0 Å². The molecule has 0 saturated heterocycles. The van der Waals surface area contributed by atoms with Crippen LogP contribution in [-0.4, -0.2) is 32.5 Å². The number of rotatable bonds is 5. The number of aryl methyl sites for hydroxylation is 2. The molecule has 0 atom stereocenters. The highest BCUT2D eigenvalue weighted by molar-refractivity contribution is 7.15. The predicted molar refractivity (Wildman–Crippen MR) is 91.8 cm³/mol. The maximum atomic E-state index is 12.1. The quantitative estimate of drug-likeness (QED) is 0.826. The maximum Gasteiger partial charge on any atom is 0.220 e. The number of thiazole rings is 1. The second kappa shape index (κ2) is 7.01. The maximum absolute atomic E-state index is 12.1. The van der Waals surface area contributed by atoms with Crippen LogP contribution in [0.5, 0.6) is 0 Å². The van der Waals surface area contributed by atoms with E-state index in [1.54, 1.807) is 11.3 Å². The minimum Gasteiger partial charge on any atom is -0.388 e. The molecular formula is C17H25N3O2S. The summed E-state index contributed by atoms with van der Waals surface area (Å²) in [5.41, 5.74) is 1.41. The van der Waals surface area contributed by atoms with Crippen molar-refractivity contribution in [2.24, 2.45) is 0 Å². The van der Waals surface area contributed by atoms with Crippen LogP contribution < -0.4 is 5.32 Å². The average Bonchev–Trinajstić information content (AvgIpc) is 2.97. The van der Waals surface area contributed by atoms with Gasteiger partial charge in [-0.25, -0.2) is 4.98 Å². The summed E-state index contributed by atoms with van der Waals surface area (Å²) >= 11 is 1.60. The van der Waals surface area contributed by atoms with Crippen molar-refractivity contribution >= 4 is 22.2 Å². The summed E-state index contributed by atoms with van der Waals surface area (Å²) in [7, 11) is 0. The van der Waals surface area contributed by atoms with E-state index >= 15 is 0 Å². The van der Waals surface area contributed by atoms with Crippen LogP contribution in [0.25, 0.3) is 4.96 Å². The SMILES string of the molecule is Cc1cn2c(CCC(=O)NCC3(O)CCCCCC3)csc2n1. The molecule has 2 heterocycles. The highest BCUT2D eigenvalue weighted by Gasteiger charge is 2.28. The molecular weight excluding hydrogens is 310 g/mol. The second-order valence-corrected chi connectivity index (χ2v) is 7.51. The smallest absolute Gasteiger partial charge is 0.220 e. The van der Waals surface area contributed by atoms with Gasteiger partial charge in [0.15, 0.2) is 4.96 Å². The highest BCUT2D eigenvalue weighted by Crippen LogP contribution is 2.26. The van der Waals surface area contributed by atoms with Gasteiger partial charge in [-0.15, -0.1) is 11.3 Å². The molecule has 0 aromatic carbocycles. The van der Waals surface area contributed by atoms with Crippen LogP contribution in [0.2, 0.25) is 0 Å². The Bertz CT molecular complexity index is 668. The minimum atomic E-state index is -0.705. The first kappa shape index (κ1) is 16.5. The van der Waals surface area contributed by atoms with E-state index in [1.807, 2.05) is 13.1 Å². The fourth-order valence-electron chi connectivity index (χ4n) is 3.28. The van der Waals surface area contributed by atoms with Gasteiger partial charge < -0.3 is 10.4 Å². The molecule has 1 aliphatic carbocycles. The highest BCUT2D eigenvalue weighted by atomic mass is 32.1. The average molecular weight is 335 g/mol. The summed E-state index contributed by atoms with van der Waals surface area (Å²) < 4.78 is 2.06. The zero-order chi connectivity index (χ0) is 16.3. The van der Waals surface area contributed by atoms with Gasteiger partial charge >= 0.3 is 0 Å². The van der Waals surface area contributed by atoms with Crippen molar-refractivity contribution in [2.45, 2.75) is 63.9 Å². The molecule has 1 fully saturated rings. The van der Waals surface area contributed by atoms with Gasteiger partial charge in [0, 0.05) is 30.2 Å². The molecule has 23 heavy (non-hydrogen) atoms. The molecule has 2 aromatic heterocycles. The van der Waals surface area contributed by atoms with Gasteiger partial charge in [-0.3, -0.25) is 9.20 Å². The molecule has 1 aliphatic rings. The van der Waals surface area contributed by atoms with Crippen LogP contribution in [-0.2, 0) is 11.2 Å². The fraction of sp³-hybridized carbons (Fsp3) is 0.647. The van der Waals surface area contributed by atoms with Gasteiger partial charge in [0.05, 0.1) is 11.3 Å². The van der Waals surface area contributed by atoms with Crippen molar-refractivity contribution in [3.8, 4) is 0 Å². The summed E-state index contributed by atoms with van der Waals surface area (Å²) in [5.74, 6) is 0.0128. The zero-order valence-electron chi connectivity index (χ0n) is 13.7. The van der Waals surface area contributed by atoms with Crippen molar-refractivity contribution < 1.29 is 9.90 Å². The zero-order valence-corrected chi connectivity index (χ0v) is 14.5. The Morgan fingerprint density at radius 3 is 2.87 bits per heavy atom. The van der Waals surface area contributed by atoms with Crippen LogP contribution in [0, 0.1) is 6.92 Å². The number of hydrogen-bond donors (Lipinski definition) is 2. The number of amides is 1. The number of aromatic nitrogens is 2. The number of carbonyl (C=O) groups excluding carboxylic acids is 1. The van der Waals surface area contributed by atoms with E-state index in [1.165, 1.54) is 12.8 Å². The Morgan fingerprint density at radius 2 is 2.13 bits per heavy atom. The van der Waals surface area contributed by atoms with Gasteiger partial charge in [0.2, 0.25) is 5.91 Å². The third-order valence-electron chi connectivity index (χ3n) is 4.66. The third kappa shape index (κ3) is 4.12. The van der Waals surface area contributed by atoms with E-state index in [-0.39, 0.29) is 5.91 Å². The van der Waals surface area contributed by atoms with Crippen LogP contribution >= 0.6 is 11.3 Å². The van der Waals surface area contributed by atoms with E-state index in [9.17, 15) is 9.90 Å². The second-order valence-electron chi connectivity index (χ2n) is 6.68. The van der Waals surface area contributed by atoms with E-state index in [2.05, 4.69) is 20.1 Å². The minimum absolute atomic E-state index is 0.0128. The molecule has 6 heteroatoms. The third-order valence-corrected chi connectivity index (χ3v) is 5.55. The summed E-state index contributed by atoms with van der Waals surface area (Å²) in [6, 6.07) is 0. The van der Waals surface area contributed by atoms with Crippen molar-refractivity contribution in [3.05, 3.63) is 23.0 Å². The number of hydrogen-bond acceptors (Lipinski definition) is 4. The normalized spacial score (nSPS) is 18.0. The Hall–Kier alpha value is -1.40. The number of carbonyl (C=O) groups is 1. The van der Waals surface area contributed by atoms with Gasteiger partial charge in [0.25, 0.3) is 0 Å². The molecule has 0 radical (unpaired) electrons. The van der Waals surface area contributed by atoms with Crippen LogP contribution in [0.15, 0.2) is 11.6 Å². The Morgan fingerprint density at radius 1 is 1.39 bits per heavy atom. The van der Waals surface area contributed by atoms with E-state index in [4.69, 9.17) is 0 Å². The van der Waals surface area contributed by atoms with Crippen LogP contribution in [0.1, 0.15) is 56.3 Å². The molecule has 5 nitrogen and oxygen atoms in total. The van der Waals surface area contributed by atoms with Crippen molar-refractivity contribution in [2.75, 3.05) is 6.54 Å². The van der Waals surface area contributed by atoms with Crippen LogP contribution in [0.4, 0.5) is 0 Å². The topological polar surface area (TPSA) is 66.6 Å². The number of nitrogens with one attached hydrogen (secondary N) is 1. The molecule has 0 aliphatic heterocycles. The first-order valence-corrected chi connectivity index (χ1v) is 9.35. The molecule has 2 N–H and O–H groups in total. The first-order chi connectivity index (χ1) is 11.1. The molecule has 1 amide bonds.